The third-order valence-corrected chi connectivity index (χ3v) is 4.89. The van der Waals surface area contributed by atoms with E-state index in [1.165, 1.54) is 30.2 Å². The van der Waals surface area contributed by atoms with Gasteiger partial charge in [0.2, 0.25) is 0 Å². The first kappa shape index (κ1) is 21.5. The zero-order chi connectivity index (χ0) is 20.8. The number of rotatable bonds is 5. The number of likely N-dealkylation sites (N-methyl/N-ethyl adjacent to an activating group) is 1. The Morgan fingerprint density at radius 3 is 2.36 bits per heavy atom. The summed E-state index contributed by atoms with van der Waals surface area (Å²) in [5, 5.41) is 9.49. The minimum absolute atomic E-state index is 0.388. The highest BCUT2D eigenvalue weighted by atomic mass is 19.4. The van der Waals surface area contributed by atoms with Gasteiger partial charge in [0.1, 0.15) is 5.54 Å². The Balaban J connectivity index is 1.88. The number of halogens is 3. The first-order valence-corrected chi connectivity index (χ1v) is 8.88. The highest BCUT2D eigenvalue weighted by Gasteiger charge is 2.38. The number of alkyl halides is 3. The number of ether oxygens (including phenoxy) is 1. The summed E-state index contributed by atoms with van der Waals surface area (Å²) in [6.07, 6.45) is 1.84. The van der Waals surface area contributed by atoms with E-state index in [1.54, 1.807) is 0 Å². The minimum atomic E-state index is -4.42. The van der Waals surface area contributed by atoms with E-state index >= 15 is 0 Å². The zero-order valence-corrected chi connectivity index (χ0v) is 15.5. The third-order valence-electron chi connectivity index (χ3n) is 4.89. The molecule has 1 amide bonds. The zero-order valence-electron chi connectivity index (χ0n) is 15.5. The number of carbonyl (C=O) groups is 2. The van der Waals surface area contributed by atoms with Crippen molar-refractivity contribution in [2.45, 2.75) is 43.8 Å². The van der Waals surface area contributed by atoms with Crippen LogP contribution in [0.4, 0.5) is 13.2 Å². The Kier molecular flexibility index (Phi) is 6.84. The number of benzene rings is 1. The van der Waals surface area contributed by atoms with Crippen LogP contribution in [-0.4, -0.2) is 36.0 Å². The molecular formula is C20H21F3N2O3. The number of nitrogens with zero attached hydrogens (tertiary/aromatic N) is 2. The largest absolute Gasteiger partial charge is 0.452 e. The summed E-state index contributed by atoms with van der Waals surface area (Å²) in [6, 6.07) is 6.50. The average Bonchev–Trinajstić information content (AvgIpc) is 2.70. The Labute approximate surface area is 161 Å². The van der Waals surface area contributed by atoms with Crippen molar-refractivity contribution >= 4 is 18.0 Å². The first-order valence-electron chi connectivity index (χ1n) is 8.88. The Bertz CT molecular complexity index is 773. The maximum atomic E-state index is 12.5. The Hall–Kier alpha value is -2.82. The van der Waals surface area contributed by atoms with Crippen LogP contribution in [-0.2, 0) is 20.5 Å². The molecule has 1 aromatic carbocycles. The lowest BCUT2D eigenvalue weighted by atomic mass is 9.81. The average molecular weight is 394 g/mol. The lowest BCUT2D eigenvalue weighted by Crippen LogP contribution is -2.51. The molecule has 0 radical (unpaired) electrons. The van der Waals surface area contributed by atoms with Gasteiger partial charge in [0.15, 0.2) is 6.61 Å². The van der Waals surface area contributed by atoms with Crippen LogP contribution in [0.15, 0.2) is 30.3 Å². The summed E-state index contributed by atoms with van der Waals surface area (Å²) in [7, 11) is 1.53. The molecule has 2 rings (SSSR count). The molecule has 1 aliphatic rings. The SMILES string of the molecule is CN(C(=O)COC(=O)C=Cc1ccc(C(F)(F)F)cc1)C1(C#N)CCCCC1. The molecule has 150 valence electrons. The van der Waals surface area contributed by atoms with Crippen LogP contribution in [0.25, 0.3) is 6.08 Å². The summed E-state index contributed by atoms with van der Waals surface area (Å²) < 4.78 is 42.4. The van der Waals surface area contributed by atoms with Gasteiger partial charge < -0.3 is 9.64 Å². The molecule has 0 aromatic heterocycles. The molecule has 0 atom stereocenters. The number of hydrogen-bond donors (Lipinski definition) is 0. The number of nitriles is 1. The van der Waals surface area contributed by atoms with E-state index in [9.17, 15) is 28.0 Å². The molecule has 0 spiro atoms. The molecule has 0 bridgehead atoms. The van der Waals surface area contributed by atoms with Crippen molar-refractivity contribution in [3.05, 3.63) is 41.5 Å². The van der Waals surface area contributed by atoms with E-state index in [1.807, 2.05) is 0 Å². The predicted octanol–water partition coefficient (Wildman–Crippen LogP) is 3.95. The van der Waals surface area contributed by atoms with Gasteiger partial charge in [-0.15, -0.1) is 0 Å². The molecule has 0 aliphatic heterocycles. The smallest absolute Gasteiger partial charge is 0.416 e. The van der Waals surface area contributed by atoms with Crippen LogP contribution in [0.5, 0.6) is 0 Å². The third kappa shape index (κ3) is 5.35. The lowest BCUT2D eigenvalue weighted by Gasteiger charge is -2.38. The number of esters is 1. The highest BCUT2D eigenvalue weighted by Crippen LogP contribution is 2.32. The van der Waals surface area contributed by atoms with Gasteiger partial charge >= 0.3 is 12.1 Å². The van der Waals surface area contributed by atoms with Crippen molar-refractivity contribution in [2.75, 3.05) is 13.7 Å². The summed E-state index contributed by atoms with van der Waals surface area (Å²) >= 11 is 0. The van der Waals surface area contributed by atoms with Gasteiger partial charge in [-0.1, -0.05) is 31.4 Å². The Morgan fingerprint density at radius 2 is 1.82 bits per heavy atom. The topological polar surface area (TPSA) is 70.4 Å². The standard InChI is InChI=1S/C20H21F3N2O3/c1-25(19(14-24)11-3-2-4-12-19)17(26)13-28-18(27)10-7-15-5-8-16(9-6-15)20(21,22)23/h5-10H,2-4,11-13H2,1H3. The van der Waals surface area contributed by atoms with Gasteiger partial charge in [0.25, 0.3) is 5.91 Å². The van der Waals surface area contributed by atoms with Crippen LogP contribution >= 0.6 is 0 Å². The highest BCUT2D eigenvalue weighted by molar-refractivity contribution is 5.89. The van der Waals surface area contributed by atoms with Gasteiger partial charge in [0, 0.05) is 13.1 Å². The van der Waals surface area contributed by atoms with Crippen LogP contribution in [0.1, 0.15) is 43.2 Å². The molecule has 1 saturated carbocycles. The molecule has 28 heavy (non-hydrogen) atoms. The molecule has 0 saturated heterocycles. The van der Waals surface area contributed by atoms with Crippen LogP contribution in [0.2, 0.25) is 0 Å². The second kappa shape index (κ2) is 8.91. The van der Waals surface area contributed by atoms with Crippen molar-refractivity contribution in [2.24, 2.45) is 0 Å². The molecule has 0 heterocycles. The maximum Gasteiger partial charge on any atom is 0.416 e. The molecule has 1 aromatic rings. The lowest BCUT2D eigenvalue weighted by molar-refractivity contribution is -0.150. The van der Waals surface area contributed by atoms with E-state index in [0.29, 0.717) is 18.4 Å². The van der Waals surface area contributed by atoms with Crippen molar-refractivity contribution in [1.29, 1.82) is 5.26 Å². The van der Waals surface area contributed by atoms with Gasteiger partial charge in [-0.3, -0.25) is 4.79 Å². The molecule has 1 aliphatic carbocycles. The van der Waals surface area contributed by atoms with E-state index in [-0.39, 0.29) is 0 Å². The summed E-state index contributed by atoms with van der Waals surface area (Å²) in [6.45, 7) is -0.504. The van der Waals surface area contributed by atoms with Gasteiger partial charge in [0.05, 0.1) is 11.6 Å². The van der Waals surface area contributed by atoms with Gasteiger partial charge in [-0.05, 0) is 36.6 Å². The summed E-state index contributed by atoms with van der Waals surface area (Å²) in [5.74, 6) is -1.27. The van der Waals surface area contributed by atoms with Crippen molar-refractivity contribution in [3.63, 3.8) is 0 Å². The molecule has 0 unspecified atom stereocenters. The fraction of sp³-hybridized carbons (Fsp3) is 0.450. The molecule has 8 heteroatoms. The fourth-order valence-electron chi connectivity index (χ4n) is 3.12. The van der Waals surface area contributed by atoms with Crippen LogP contribution < -0.4 is 0 Å². The van der Waals surface area contributed by atoms with Crippen molar-refractivity contribution < 1.29 is 27.5 Å². The molecule has 5 nitrogen and oxygen atoms in total. The van der Waals surface area contributed by atoms with Gasteiger partial charge in [-0.25, -0.2) is 4.79 Å². The van der Waals surface area contributed by atoms with Gasteiger partial charge in [-0.2, -0.15) is 18.4 Å². The molecule has 0 N–H and O–H groups in total. The molecule has 1 fully saturated rings. The normalized spacial score (nSPS) is 16.4. The quantitative estimate of drug-likeness (QED) is 0.560. The summed E-state index contributed by atoms with van der Waals surface area (Å²) in [4.78, 5) is 25.4. The Morgan fingerprint density at radius 1 is 1.21 bits per heavy atom. The van der Waals surface area contributed by atoms with Crippen LogP contribution in [0, 0.1) is 11.3 Å². The van der Waals surface area contributed by atoms with Crippen molar-refractivity contribution in [3.8, 4) is 6.07 Å². The second-order valence-electron chi connectivity index (χ2n) is 6.72. The monoisotopic (exact) mass is 394 g/mol. The first-order chi connectivity index (χ1) is 13.2. The fourth-order valence-corrected chi connectivity index (χ4v) is 3.12. The van der Waals surface area contributed by atoms with Crippen LogP contribution in [0.3, 0.4) is 0 Å². The number of amides is 1. The summed E-state index contributed by atoms with van der Waals surface area (Å²) in [5.41, 5.74) is -1.26. The van der Waals surface area contributed by atoms with E-state index < -0.39 is 35.8 Å². The van der Waals surface area contributed by atoms with E-state index in [0.717, 1.165) is 37.5 Å². The maximum absolute atomic E-state index is 12.5. The van der Waals surface area contributed by atoms with E-state index in [4.69, 9.17) is 4.74 Å². The molecular weight excluding hydrogens is 373 g/mol. The minimum Gasteiger partial charge on any atom is -0.452 e. The second-order valence-corrected chi connectivity index (χ2v) is 6.72. The van der Waals surface area contributed by atoms with Crippen molar-refractivity contribution in [1.82, 2.24) is 4.90 Å². The van der Waals surface area contributed by atoms with E-state index in [2.05, 4.69) is 6.07 Å². The number of hydrogen-bond acceptors (Lipinski definition) is 4. The predicted molar refractivity (Wildman–Crippen MR) is 95.6 cm³/mol. The number of carbonyl (C=O) groups excluding carboxylic acids is 2.